The summed E-state index contributed by atoms with van der Waals surface area (Å²) in [6.45, 7) is 2.12. The number of carbonyl (C=O) groups is 1. The van der Waals surface area contributed by atoms with Gasteiger partial charge >= 0.3 is 0 Å². The Hall–Kier alpha value is -1.79. The van der Waals surface area contributed by atoms with E-state index in [-0.39, 0.29) is 23.9 Å². The Labute approximate surface area is 143 Å². The van der Waals surface area contributed by atoms with Crippen LogP contribution in [0.1, 0.15) is 23.6 Å². The fourth-order valence-electron chi connectivity index (χ4n) is 2.49. The normalized spacial score (nSPS) is 16.2. The highest BCUT2D eigenvalue weighted by Crippen LogP contribution is 2.31. The number of hydrogen-bond acceptors (Lipinski definition) is 4. The summed E-state index contributed by atoms with van der Waals surface area (Å²) in [4.78, 5) is 28.7. The number of nitrogens with one attached hydrogen (secondary N) is 1. The van der Waals surface area contributed by atoms with Gasteiger partial charge in [0, 0.05) is 35.5 Å². The lowest BCUT2D eigenvalue weighted by Gasteiger charge is -2.14. The monoisotopic (exact) mass is 349 g/mol. The summed E-state index contributed by atoms with van der Waals surface area (Å²) in [6, 6.07) is 7.25. The molecule has 1 aliphatic heterocycles. The average Bonchev–Trinajstić information content (AvgIpc) is 2.94. The second kappa shape index (κ2) is 6.76. The standard InChI is InChI=1S/C16H16ClN3O2S/c1-10-7-19-16-20(15(10)22)12(9-23-16)6-14(21)18-8-11-4-2-3-5-13(11)17/h2-5,7,12H,6,8-9H2,1H3,(H,18,21)/t12-/m0/s1. The Morgan fingerprint density at radius 2 is 2.26 bits per heavy atom. The summed E-state index contributed by atoms with van der Waals surface area (Å²) in [7, 11) is 0. The second-order valence-electron chi connectivity index (χ2n) is 5.44. The summed E-state index contributed by atoms with van der Waals surface area (Å²) >= 11 is 7.58. The van der Waals surface area contributed by atoms with Crippen molar-refractivity contribution in [1.29, 1.82) is 0 Å². The molecule has 1 aromatic heterocycles. The molecule has 3 rings (SSSR count). The largest absolute Gasteiger partial charge is 0.352 e. The first-order valence-electron chi connectivity index (χ1n) is 7.27. The van der Waals surface area contributed by atoms with E-state index in [1.54, 1.807) is 23.8 Å². The SMILES string of the molecule is Cc1cnc2n(c1=O)[C@@H](CC(=O)NCc1ccccc1Cl)CS2. The van der Waals surface area contributed by atoms with Gasteiger partial charge in [0.05, 0.1) is 6.04 Å². The van der Waals surface area contributed by atoms with Crippen LogP contribution in [0.4, 0.5) is 0 Å². The van der Waals surface area contributed by atoms with Crippen LogP contribution in [0.15, 0.2) is 40.4 Å². The summed E-state index contributed by atoms with van der Waals surface area (Å²) in [5.74, 6) is 0.586. The Morgan fingerprint density at radius 1 is 1.48 bits per heavy atom. The van der Waals surface area contributed by atoms with Crippen LogP contribution in [0.3, 0.4) is 0 Å². The first kappa shape index (κ1) is 16.1. The van der Waals surface area contributed by atoms with E-state index in [0.29, 0.717) is 28.0 Å². The highest BCUT2D eigenvalue weighted by Gasteiger charge is 2.27. The molecule has 2 aromatic rings. The molecule has 5 nitrogen and oxygen atoms in total. The van der Waals surface area contributed by atoms with Crippen LogP contribution in [0.25, 0.3) is 0 Å². The molecule has 0 saturated carbocycles. The van der Waals surface area contributed by atoms with Crippen molar-refractivity contribution < 1.29 is 4.79 Å². The van der Waals surface area contributed by atoms with Gasteiger partial charge < -0.3 is 5.32 Å². The van der Waals surface area contributed by atoms with Crippen LogP contribution in [0.5, 0.6) is 0 Å². The Balaban J connectivity index is 1.66. The van der Waals surface area contributed by atoms with Gasteiger partial charge in [-0.15, -0.1) is 0 Å². The molecule has 0 aliphatic carbocycles. The molecule has 0 fully saturated rings. The molecule has 0 bridgehead atoms. The minimum absolute atomic E-state index is 0.0658. The molecule has 0 unspecified atom stereocenters. The maximum Gasteiger partial charge on any atom is 0.257 e. The smallest absolute Gasteiger partial charge is 0.257 e. The van der Waals surface area contributed by atoms with Crippen LogP contribution in [-0.4, -0.2) is 21.2 Å². The zero-order chi connectivity index (χ0) is 16.4. The van der Waals surface area contributed by atoms with Crippen LogP contribution >= 0.6 is 23.4 Å². The molecule has 2 heterocycles. The number of carbonyl (C=O) groups excluding carboxylic acids is 1. The summed E-state index contributed by atoms with van der Waals surface area (Å²) in [5.41, 5.74) is 1.40. The topological polar surface area (TPSA) is 64.0 Å². The first-order chi connectivity index (χ1) is 11.1. The molecule has 7 heteroatoms. The average molecular weight is 350 g/mol. The molecule has 0 spiro atoms. The first-order valence-corrected chi connectivity index (χ1v) is 8.63. The number of aryl methyl sites for hydroxylation is 1. The summed E-state index contributed by atoms with van der Waals surface area (Å²) in [5, 5.41) is 4.18. The van der Waals surface area contributed by atoms with Gasteiger partial charge in [-0.3, -0.25) is 14.2 Å². The van der Waals surface area contributed by atoms with E-state index in [4.69, 9.17) is 11.6 Å². The zero-order valence-electron chi connectivity index (χ0n) is 12.6. The number of nitrogens with zero attached hydrogens (tertiary/aromatic N) is 2. The van der Waals surface area contributed by atoms with Crippen molar-refractivity contribution in [2.45, 2.75) is 31.1 Å². The fourth-order valence-corrected chi connectivity index (χ4v) is 3.80. The number of rotatable bonds is 4. The molecule has 120 valence electrons. The quantitative estimate of drug-likeness (QED) is 0.862. The molecule has 1 amide bonds. The second-order valence-corrected chi connectivity index (χ2v) is 6.83. The molecule has 0 saturated heterocycles. The van der Waals surface area contributed by atoms with Crippen molar-refractivity contribution in [1.82, 2.24) is 14.9 Å². The molecule has 0 radical (unpaired) electrons. The number of thioether (sulfide) groups is 1. The Morgan fingerprint density at radius 3 is 3.04 bits per heavy atom. The van der Waals surface area contributed by atoms with E-state index >= 15 is 0 Å². The highest BCUT2D eigenvalue weighted by molar-refractivity contribution is 7.99. The highest BCUT2D eigenvalue weighted by atomic mass is 35.5. The van der Waals surface area contributed by atoms with Gasteiger partial charge in [0.25, 0.3) is 5.56 Å². The van der Waals surface area contributed by atoms with Crippen LogP contribution in [0, 0.1) is 6.92 Å². The maximum atomic E-state index is 12.2. The third kappa shape index (κ3) is 3.43. The lowest BCUT2D eigenvalue weighted by molar-refractivity contribution is -0.121. The van der Waals surface area contributed by atoms with E-state index in [9.17, 15) is 9.59 Å². The molecule has 23 heavy (non-hydrogen) atoms. The molecule has 1 aromatic carbocycles. The van der Waals surface area contributed by atoms with Gasteiger partial charge in [0.2, 0.25) is 5.91 Å². The van der Waals surface area contributed by atoms with E-state index in [1.807, 2.05) is 18.2 Å². The Bertz CT molecular complexity index is 806. The van der Waals surface area contributed by atoms with Gasteiger partial charge in [0.1, 0.15) is 0 Å². The summed E-state index contributed by atoms with van der Waals surface area (Å²) < 4.78 is 1.63. The molecule has 1 N–H and O–H groups in total. The van der Waals surface area contributed by atoms with Gasteiger partial charge in [-0.25, -0.2) is 4.98 Å². The van der Waals surface area contributed by atoms with Crippen molar-refractivity contribution in [3.63, 3.8) is 0 Å². The van der Waals surface area contributed by atoms with E-state index < -0.39 is 0 Å². The van der Waals surface area contributed by atoms with Gasteiger partial charge in [0.15, 0.2) is 5.16 Å². The van der Waals surface area contributed by atoms with Gasteiger partial charge in [-0.05, 0) is 18.6 Å². The minimum atomic E-state index is -0.152. The van der Waals surface area contributed by atoms with E-state index in [2.05, 4.69) is 10.3 Å². The summed E-state index contributed by atoms with van der Waals surface area (Å²) in [6.07, 6.45) is 1.84. The number of amides is 1. The van der Waals surface area contributed by atoms with Crippen LogP contribution in [0.2, 0.25) is 5.02 Å². The number of fused-ring (bicyclic) bond motifs is 1. The number of hydrogen-bond donors (Lipinski definition) is 1. The van der Waals surface area contributed by atoms with Crippen molar-refractivity contribution in [2.75, 3.05) is 5.75 Å². The molecular weight excluding hydrogens is 334 g/mol. The van der Waals surface area contributed by atoms with E-state index in [0.717, 1.165) is 5.56 Å². The lowest BCUT2D eigenvalue weighted by atomic mass is 10.2. The third-order valence-electron chi connectivity index (χ3n) is 3.76. The predicted octanol–water partition coefficient (Wildman–Crippen LogP) is 2.56. The lowest BCUT2D eigenvalue weighted by Crippen LogP contribution is -2.31. The van der Waals surface area contributed by atoms with Crippen molar-refractivity contribution in [2.24, 2.45) is 0 Å². The molecule has 1 aliphatic rings. The van der Waals surface area contributed by atoms with Crippen LogP contribution < -0.4 is 10.9 Å². The van der Waals surface area contributed by atoms with Crippen molar-refractivity contribution in [3.05, 3.63) is 57.0 Å². The maximum absolute atomic E-state index is 12.2. The number of benzene rings is 1. The minimum Gasteiger partial charge on any atom is -0.352 e. The third-order valence-corrected chi connectivity index (χ3v) is 5.24. The Kier molecular flexibility index (Phi) is 4.73. The van der Waals surface area contributed by atoms with Gasteiger partial charge in [-0.2, -0.15) is 0 Å². The van der Waals surface area contributed by atoms with Crippen LogP contribution in [-0.2, 0) is 11.3 Å². The molecular formula is C16H16ClN3O2S. The van der Waals surface area contributed by atoms with E-state index in [1.165, 1.54) is 11.8 Å². The molecule has 1 atom stereocenters. The number of aromatic nitrogens is 2. The fraction of sp³-hybridized carbons (Fsp3) is 0.312. The van der Waals surface area contributed by atoms with Gasteiger partial charge in [-0.1, -0.05) is 41.6 Å². The van der Waals surface area contributed by atoms with Crippen molar-refractivity contribution >= 4 is 29.3 Å². The van der Waals surface area contributed by atoms with Crippen molar-refractivity contribution in [3.8, 4) is 0 Å². The zero-order valence-corrected chi connectivity index (χ0v) is 14.2. The number of halogens is 1. The predicted molar refractivity (Wildman–Crippen MR) is 90.9 cm³/mol.